The topological polar surface area (TPSA) is 58.4 Å². The molecule has 1 fully saturated rings. The zero-order valence-electron chi connectivity index (χ0n) is 11.6. The van der Waals surface area contributed by atoms with E-state index in [-0.39, 0.29) is 5.91 Å². The number of hydrogen-bond acceptors (Lipinski definition) is 3. The second-order valence-electron chi connectivity index (χ2n) is 5.14. The first-order chi connectivity index (χ1) is 9.65. The number of nitrogens with two attached hydrogens (primary N) is 1. The molecular weight excluding hydrogens is 270 g/mol. The number of hydrogen-bond donors (Lipinski definition) is 2. The third kappa shape index (κ3) is 4.58. The predicted molar refractivity (Wildman–Crippen MR) is 85.9 cm³/mol. The van der Waals surface area contributed by atoms with Crippen molar-refractivity contribution in [2.24, 2.45) is 5.73 Å². The van der Waals surface area contributed by atoms with Gasteiger partial charge in [-0.15, -0.1) is 0 Å². The number of amides is 1. The Morgan fingerprint density at radius 1 is 1.20 bits per heavy atom. The predicted octanol–water partition coefficient (Wildman–Crippen LogP) is 2.14. The smallest absolute Gasteiger partial charge is 0.225 e. The van der Waals surface area contributed by atoms with E-state index in [1.807, 2.05) is 24.3 Å². The normalized spacial score (nSPS) is 15.8. The van der Waals surface area contributed by atoms with Crippen molar-refractivity contribution in [3.8, 4) is 0 Å². The number of benzene rings is 1. The standard InChI is InChI=1S/C15H21N3OS/c16-15(20)12-4-6-13(7-5-12)17-14(19)8-11-18-9-2-1-3-10-18/h4-7H,1-3,8-11H2,(H2,16,20)(H,17,19). The number of likely N-dealkylation sites (tertiary alicyclic amines) is 1. The van der Waals surface area contributed by atoms with E-state index in [1.54, 1.807) is 0 Å². The molecule has 5 heteroatoms. The van der Waals surface area contributed by atoms with Crippen LogP contribution in [0.25, 0.3) is 0 Å². The Hall–Kier alpha value is -1.46. The van der Waals surface area contributed by atoms with E-state index >= 15 is 0 Å². The molecule has 1 heterocycles. The van der Waals surface area contributed by atoms with Crippen molar-refractivity contribution in [2.75, 3.05) is 25.0 Å². The molecule has 1 aliphatic heterocycles. The van der Waals surface area contributed by atoms with Gasteiger partial charge < -0.3 is 16.0 Å². The van der Waals surface area contributed by atoms with Crippen LogP contribution in [0.3, 0.4) is 0 Å². The van der Waals surface area contributed by atoms with Gasteiger partial charge in [0.2, 0.25) is 5.91 Å². The van der Waals surface area contributed by atoms with Gasteiger partial charge in [-0.3, -0.25) is 4.79 Å². The average molecular weight is 291 g/mol. The van der Waals surface area contributed by atoms with E-state index in [0.717, 1.165) is 30.9 Å². The highest BCUT2D eigenvalue weighted by Crippen LogP contribution is 2.11. The molecule has 0 aromatic heterocycles. The van der Waals surface area contributed by atoms with E-state index in [2.05, 4.69) is 10.2 Å². The summed E-state index contributed by atoms with van der Waals surface area (Å²) in [6.45, 7) is 3.09. The van der Waals surface area contributed by atoms with Gasteiger partial charge in [0.15, 0.2) is 0 Å². The van der Waals surface area contributed by atoms with Crippen LogP contribution in [0.2, 0.25) is 0 Å². The molecule has 1 aromatic carbocycles. The Bertz CT molecular complexity index is 467. The van der Waals surface area contributed by atoms with Crippen LogP contribution in [0, 0.1) is 0 Å². The molecule has 3 N–H and O–H groups in total. The van der Waals surface area contributed by atoms with E-state index in [1.165, 1.54) is 19.3 Å². The first-order valence-electron chi connectivity index (χ1n) is 7.07. The minimum Gasteiger partial charge on any atom is -0.389 e. The average Bonchev–Trinajstić information content (AvgIpc) is 2.47. The fourth-order valence-corrected chi connectivity index (χ4v) is 2.52. The van der Waals surface area contributed by atoms with Crippen molar-refractivity contribution in [3.63, 3.8) is 0 Å². The monoisotopic (exact) mass is 291 g/mol. The van der Waals surface area contributed by atoms with E-state index in [4.69, 9.17) is 18.0 Å². The maximum Gasteiger partial charge on any atom is 0.225 e. The van der Waals surface area contributed by atoms with Crippen LogP contribution in [0.15, 0.2) is 24.3 Å². The maximum absolute atomic E-state index is 11.9. The third-order valence-electron chi connectivity index (χ3n) is 3.56. The van der Waals surface area contributed by atoms with Crippen LogP contribution in [0.5, 0.6) is 0 Å². The summed E-state index contributed by atoms with van der Waals surface area (Å²) in [6.07, 6.45) is 4.36. The van der Waals surface area contributed by atoms with Crippen molar-refractivity contribution in [1.29, 1.82) is 0 Å². The lowest BCUT2D eigenvalue weighted by Crippen LogP contribution is -2.32. The Morgan fingerprint density at radius 2 is 1.85 bits per heavy atom. The zero-order valence-corrected chi connectivity index (χ0v) is 12.4. The number of carbonyl (C=O) groups excluding carboxylic acids is 1. The summed E-state index contributed by atoms with van der Waals surface area (Å²) in [6, 6.07) is 7.30. The van der Waals surface area contributed by atoms with E-state index in [9.17, 15) is 4.79 Å². The van der Waals surface area contributed by atoms with Crippen molar-refractivity contribution in [1.82, 2.24) is 4.90 Å². The molecule has 0 saturated carbocycles. The molecule has 0 spiro atoms. The second-order valence-corrected chi connectivity index (χ2v) is 5.58. The summed E-state index contributed by atoms with van der Waals surface area (Å²) in [4.78, 5) is 14.6. The molecule has 1 saturated heterocycles. The number of rotatable bonds is 5. The maximum atomic E-state index is 11.9. The van der Waals surface area contributed by atoms with Crippen molar-refractivity contribution >= 4 is 28.8 Å². The SMILES string of the molecule is NC(=S)c1ccc(NC(=O)CCN2CCCCC2)cc1. The highest BCUT2D eigenvalue weighted by Gasteiger charge is 2.11. The Morgan fingerprint density at radius 3 is 2.45 bits per heavy atom. The van der Waals surface area contributed by atoms with Gasteiger partial charge in [0.25, 0.3) is 0 Å². The number of thiocarbonyl (C=S) groups is 1. The molecule has 4 nitrogen and oxygen atoms in total. The van der Waals surface area contributed by atoms with Gasteiger partial charge in [-0.05, 0) is 50.2 Å². The summed E-state index contributed by atoms with van der Waals surface area (Å²) in [5.74, 6) is 0.0543. The summed E-state index contributed by atoms with van der Waals surface area (Å²) < 4.78 is 0. The molecule has 20 heavy (non-hydrogen) atoms. The minimum absolute atomic E-state index is 0.0543. The quantitative estimate of drug-likeness (QED) is 0.816. The number of carbonyl (C=O) groups is 1. The lowest BCUT2D eigenvalue weighted by atomic mass is 10.1. The molecule has 2 rings (SSSR count). The van der Waals surface area contributed by atoms with Crippen LogP contribution in [0.4, 0.5) is 5.69 Å². The van der Waals surface area contributed by atoms with Gasteiger partial charge in [-0.25, -0.2) is 0 Å². The van der Waals surface area contributed by atoms with Gasteiger partial charge in [0, 0.05) is 24.2 Å². The fraction of sp³-hybridized carbons (Fsp3) is 0.467. The first kappa shape index (κ1) is 14.9. The summed E-state index contributed by atoms with van der Waals surface area (Å²) >= 11 is 4.89. The van der Waals surface area contributed by atoms with Crippen LogP contribution in [0.1, 0.15) is 31.2 Å². The molecule has 0 atom stereocenters. The van der Waals surface area contributed by atoms with Gasteiger partial charge in [-0.2, -0.15) is 0 Å². The van der Waals surface area contributed by atoms with Gasteiger partial charge >= 0.3 is 0 Å². The Kier molecular flexibility index (Phi) is 5.49. The van der Waals surface area contributed by atoms with Crippen molar-refractivity contribution in [3.05, 3.63) is 29.8 Å². The van der Waals surface area contributed by atoms with E-state index < -0.39 is 0 Å². The van der Waals surface area contributed by atoms with Crippen LogP contribution in [-0.2, 0) is 4.79 Å². The third-order valence-corrected chi connectivity index (χ3v) is 3.79. The molecular formula is C15H21N3OS. The summed E-state index contributed by atoms with van der Waals surface area (Å²) in [5.41, 5.74) is 7.13. The molecule has 0 radical (unpaired) electrons. The van der Waals surface area contributed by atoms with E-state index in [0.29, 0.717) is 11.4 Å². The first-order valence-corrected chi connectivity index (χ1v) is 7.48. The largest absolute Gasteiger partial charge is 0.389 e. The lowest BCUT2D eigenvalue weighted by Gasteiger charge is -2.25. The molecule has 1 aromatic rings. The Balaban J connectivity index is 1.77. The van der Waals surface area contributed by atoms with Gasteiger partial charge in [0.05, 0.1) is 0 Å². The van der Waals surface area contributed by atoms with Crippen molar-refractivity contribution in [2.45, 2.75) is 25.7 Å². The number of nitrogens with zero attached hydrogens (tertiary/aromatic N) is 1. The summed E-state index contributed by atoms with van der Waals surface area (Å²) in [7, 11) is 0. The highest BCUT2D eigenvalue weighted by atomic mass is 32.1. The zero-order chi connectivity index (χ0) is 14.4. The molecule has 108 valence electrons. The van der Waals surface area contributed by atoms with Crippen LogP contribution in [-0.4, -0.2) is 35.4 Å². The minimum atomic E-state index is 0.0543. The van der Waals surface area contributed by atoms with Crippen LogP contribution < -0.4 is 11.1 Å². The number of piperidine rings is 1. The molecule has 1 amide bonds. The number of nitrogens with one attached hydrogen (secondary N) is 1. The lowest BCUT2D eigenvalue weighted by molar-refractivity contribution is -0.116. The second kappa shape index (κ2) is 7.36. The van der Waals surface area contributed by atoms with Crippen molar-refractivity contribution < 1.29 is 4.79 Å². The fourth-order valence-electron chi connectivity index (χ4n) is 2.38. The molecule has 0 unspecified atom stereocenters. The van der Waals surface area contributed by atoms with Gasteiger partial charge in [0.1, 0.15) is 4.99 Å². The van der Waals surface area contributed by atoms with Gasteiger partial charge in [-0.1, -0.05) is 18.6 Å². The summed E-state index contributed by atoms with van der Waals surface area (Å²) in [5, 5.41) is 2.90. The van der Waals surface area contributed by atoms with Crippen LogP contribution >= 0.6 is 12.2 Å². The molecule has 0 bridgehead atoms. The molecule has 1 aliphatic rings. The highest BCUT2D eigenvalue weighted by molar-refractivity contribution is 7.80. The Labute approximate surface area is 125 Å². The number of anilines is 1. The molecule has 0 aliphatic carbocycles.